The minimum Gasteiger partial charge on any atom is -0.497 e. The summed E-state index contributed by atoms with van der Waals surface area (Å²) in [6, 6.07) is 3.59. The van der Waals surface area contributed by atoms with Crippen LogP contribution in [0.3, 0.4) is 0 Å². The number of rotatable bonds is 8. The average Bonchev–Trinajstić information content (AvgIpc) is 3.21. The largest absolute Gasteiger partial charge is 0.497 e. The van der Waals surface area contributed by atoms with Gasteiger partial charge in [0.05, 0.1) is 25.6 Å². The van der Waals surface area contributed by atoms with Gasteiger partial charge >= 0.3 is 0 Å². The quantitative estimate of drug-likeness (QED) is 0.474. The summed E-state index contributed by atoms with van der Waals surface area (Å²) >= 11 is 0. The first kappa shape index (κ1) is 25.1. The van der Waals surface area contributed by atoms with Gasteiger partial charge in [0.25, 0.3) is 11.5 Å². The predicted molar refractivity (Wildman–Crippen MR) is 141 cm³/mol. The number of anilines is 1. The number of carbonyl (C=O) groups is 1. The number of nitrogens with one attached hydrogen (secondary N) is 1. The van der Waals surface area contributed by atoms with Crippen molar-refractivity contribution in [2.24, 2.45) is 13.0 Å². The second kappa shape index (κ2) is 9.58. The van der Waals surface area contributed by atoms with Gasteiger partial charge in [0.1, 0.15) is 18.0 Å². The van der Waals surface area contributed by atoms with E-state index in [9.17, 15) is 9.59 Å². The molecular formula is C25H34N4O5S. The Morgan fingerprint density at radius 1 is 1.20 bits per heavy atom. The molecule has 190 valence electrons. The first-order valence-corrected chi connectivity index (χ1v) is 14.5. The number of amides is 1. The molecule has 0 spiro atoms. The molecule has 1 unspecified atom stereocenters. The van der Waals surface area contributed by atoms with E-state index < -0.39 is 16.1 Å². The lowest BCUT2D eigenvalue weighted by atomic mass is 9.98. The maximum Gasteiger partial charge on any atom is 0.276 e. The highest BCUT2D eigenvalue weighted by Gasteiger charge is 2.33. The van der Waals surface area contributed by atoms with Crippen molar-refractivity contribution in [3.63, 3.8) is 0 Å². The number of pyridine rings is 1. The minimum atomic E-state index is -0.672. The number of ether oxygens (including phenoxy) is 3. The number of aryl methyl sites for hydroxylation is 1. The topological polar surface area (TPSA) is 96.6 Å². The van der Waals surface area contributed by atoms with Crippen LogP contribution in [0, 0.1) is 5.92 Å². The van der Waals surface area contributed by atoms with Crippen molar-refractivity contribution < 1.29 is 19.0 Å². The van der Waals surface area contributed by atoms with Crippen LogP contribution in [0.25, 0.3) is 22.0 Å². The van der Waals surface area contributed by atoms with Crippen LogP contribution in [-0.2, 0) is 23.3 Å². The summed E-state index contributed by atoms with van der Waals surface area (Å²) < 4.78 is 20.7. The van der Waals surface area contributed by atoms with Gasteiger partial charge in [-0.2, -0.15) is 5.10 Å². The molecule has 1 aliphatic heterocycles. The molecule has 1 N–H and O–H groups in total. The number of hydrogen-bond acceptors (Lipinski definition) is 6. The predicted octanol–water partition coefficient (Wildman–Crippen LogP) is 3.43. The zero-order chi connectivity index (χ0) is 25.5. The Labute approximate surface area is 206 Å². The number of carbonyl (C=O) groups excluding carboxylic acids is 1. The summed E-state index contributed by atoms with van der Waals surface area (Å²) in [5.41, 5.74) is 2.27. The Hall–Kier alpha value is -2.98. The fourth-order valence-corrected chi connectivity index (χ4v) is 4.65. The molecule has 4 rings (SSSR count). The summed E-state index contributed by atoms with van der Waals surface area (Å²) in [6.45, 7) is 4.67. The molecule has 0 bridgehead atoms. The van der Waals surface area contributed by atoms with Crippen LogP contribution in [0.15, 0.2) is 29.3 Å². The number of fused-ring (bicyclic) bond motifs is 2. The van der Waals surface area contributed by atoms with Crippen molar-refractivity contribution in [1.29, 1.82) is 0 Å². The van der Waals surface area contributed by atoms with E-state index in [-0.39, 0.29) is 24.1 Å². The monoisotopic (exact) mass is 502 g/mol. The molecule has 10 heteroatoms. The average molecular weight is 503 g/mol. The summed E-state index contributed by atoms with van der Waals surface area (Å²) in [4.78, 5) is 25.7. The number of benzene rings is 1. The van der Waals surface area contributed by atoms with Crippen molar-refractivity contribution >= 4 is 32.5 Å². The van der Waals surface area contributed by atoms with E-state index in [0.29, 0.717) is 40.3 Å². The van der Waals surface area contributed by atoms with Gasteiger partial charge in [-0.3, -0.25) is 9.59 Å². The summed E-state index contributed by atoms with van der Waals surface area (Å²) in [5, 5.41) is 8.10. The summed E-state index contributed by atoms with van der Waals surface area (Å²) in [6.07, 6.45) is 9.54. The van der Waals surface area contributed by atoms with E-state index >= 15 is 0 Å². The lowest BCUT2D eigenvalue weighted by molar-refractivity contribution is -0.125. The number of hydrogen-bond donors (Lipinski definition) is 1. The smallest absolute Gasteiger partial charge is 0.276 e. The van der Waals surface area contributed by atoms with Gasteiger partial charge in [-0.1, -0.05) is 13.8 Å². The Kier molecular flexibility index (Phi) is 6.88. The standard InChI is InChI=1S/C25H34N4O5S/c1-15(2)22-24(30)27-20-11-16(32-4)10-17(23(20)34-22)19-13-28(3)25(31)21-18(19)12-26-29(21)14-33-8-9-35(5,6)7/h10-13,15,22H,8-9,14H2,1-7H3,(H,27,30). The van der Waals surface area contributed by atoms with Crippen molar-refractivity contribution in [3.8, 4) is 22.6 Å². The normalized spacial score (nSPS) is 16.2. The second-order valence-corrected chi connectivity index (χ2v) is 14.6. The van der Waals surface area contributed by atoms with Gasteiger partial charge < -0.3 is 24.1 Å². The lowest BCUT2D eigenvalue weighted by Crippen LogP contribution is -2.40. The molecule has 35 heavy (non-hydrogen) atoms. The Morgan fingerprint density at radius 3 is 2.60 bits per heavy atom. The van der Waals surface area contributed by atoms with E-state index in [1.165, 1.54) is 4.57 Å². The zero-order valence-corrected chi connectivity index (χ0v) is 22.2. The summed E-state index contributed by atoms with van der Waals surface area (Å²) in [7, 11) is 2.60. The summed E-state index contributed by atoms with van der Waals surface area (Å²) in [5.74, 6) is 1.87. The first-order valence-electron chi connectivity index (χ1n) is 11.5. The van der Waals surface area contributed by atoms with Gasteiger partial charge in [0.15, 0.2) is 11.9 Å². The third kappa shape index (κ3) is 5.04. The van der Waals surface area contributed by atoms with Gasteiger partial charge in [-0.05, 0) is 30.8 Å². The Morgan fingerprint density at radius 2 is 1.94 bits per heavy atom. The molecule has 0 radical (unpaired) electrons. The minimum absolute atomic E-state index is 0.0203. The van der Waals surface area contributed by atoms with Crippen molar-refractivity contribution in [2.45, 2.75) is 26.7 Å². The fourth-order valence-electron chi connectivity index (χ4n) is 4.03. The van der Waals surface area contributed by atoms with Crippen molar-refractivity contribution in [2.75, 3.05) is 43.6 Å². The van der Waals surface area contributed by atoms with Crippen LogP contribution >= 0.6 is 10.0 Å². The SMILES string of the molecule is COc1cc2c(c(-c3cn(C)c(=O)c4c3cnn4COCCS(C)(C)C)c1)OC(C(C)C)C(=O)N2. The molecule has 0 aliphatic carbocycles. The molecule has 0 saturated heterocycles. The highest BCUT2D eigenvalue weighted by atomic mass is 32.3. The third-order valence-electron chi connectivity index (χ3n) is 5.98. The molecular weight excluding hydrogens is 468 g/mol. The van der Waals surface area contributed by atoms with Gasteiger partial charge in [0, 0.05) is 41.6 Å². The molecule has 1 aliphatic rings. The molecule has 1 aromatic carbocycles. The number of methoxy groups -OCH3 is 1. The van der Waals surface area contributed by atoms with E-state index in [1.807, 2.05) is 19.9 Å². The van der Waals surface area contributed by atoms with Gasteiger partial charge in [-0.25, -0.2) is 14.7 Å². The van der Waals surface area contributed by atoms with E-state index in [1.54, 1.807) is 37.3 Å². The highest BCUT2D eigenvalue weighted by Crippen LogP contribution is 2.45. The lowest BCUT2D eigenvalue weighted by Gasteiger charge is -2.30. The van der Waals surface area contributed by atoms with Crippen LogP contribution in [0.4, 0.5) is 5.69 Å². The first-order chi connectivity index (χ1) is 16.5. The maximum atomic E-state index is 13.1. The molecule has 3 aromatic rings. The molecule has 1 amide bonds. The van der Waals surface area contributed by atoms with Crippen LogP contribution in [0.1, 0.15) is 13.8 Å². The molecule has 0 saturated carbocycles. The molecule has 2 aromatic heterocycles. The van der Waals surface area contributed by atoms with E-state index in [4.69, 9.17) is 14.2 Å². The molecule has 1 atom stereocenters. The van der Waals surface area contributed by atoms with Crippen LogP contribution < -0.4 is 20.3 Å². The number of nitrogens with zero attached hydrogens (tertiary/aromatic N) is 3. The van der Waals surface area contributed by atoms with E-state index in [2.05, 4.69) is 29.2 Å². The van der Waals surface area contributed by atoms with Crippen molar-refractivity contribution in [1.82, 2.24) is 14.3 Å². The van der Waals surface area contributed by atoms with Gasteiger partial charge in [0.2, 0.25) is 0 Å². The van der Waals surface area contributed by atoms with Crippen molar-refractivity contribution in [3.05, 3.63) is 34.9 Å². The van der Waals surface area contributed by atoms with Crippen LogP contribution in [0.5, 0.6) is 11.5 Å². The second-order valence-electron chi connectivity index (χ2n) is 10.0. The third-order valence-corrected chi connectivity index (χ3v) is 7.38. The Balaban J connectivity index is 1.82. The molecule has 3 heterocycles. The Bertz CT molecular complexity index is 1320. The molecule has 0 fully saturated rings. The number of aromatic nitrogens is 3. The van der Waals surface area contributed by atoms with Crippen LogP contribution in [0.2, 0.25) is 0 Å². The van der Waals surface area contributed by atoms with Gasteiger partial charge in [-0.15, -0.1) is 0 Å². The van der Waals surface area contributed by atoms with E-state index in [0.717, 1.165) is 11.3 Å². The molecule has 9 nitrogen and oxygen atoms in total. The highest BCUT2D eigenvalue weighted by molar-refractivity contribution is 8.32. The zero-order valence-electron chi connectivity index (χ0n) is 21.4. The maximum absolute atomic E-state index is 13.1. The van der Waals surface area contributed by atoms with Crippen LogP contribution in [-0.4, -0.2) is 64.6 Å². The fraction of sp³-hybridized carbons (Fsp3) is 0.480.